The van der Waals surface area contributed by atoms with Gasteiger partial charge in [-0.05, 0) is 31.2 Å². The summed E-state index contributed by atoms with van der Waals surface area (Å²) in [6.07, 6.45) is 0. The highest BCUT2D eigenvalue weighted by Gasteiger charge is 2.21. The normalized spacial score (nSPS) is 14.0. The zero-order valence-electron chi connectivity index (χ0n) is 17.3. The Kier molecular flexibility index (Phi) is 9.17. The number of para-hydroxylation sites is 2. The van der Waals surface area contributed by atoms with E-state index in [0.29, 0.717) is 11.1 Å². The Hall–Kier alpha value is -2.54. The van der Waals surface area contributed by atoms with Crippen molar-refractivity contribution in [2.45, 2.75) is 13.5 Å². The van der Waals surface area contributed by atoms with Gasteiger partial charge in [-0.2, -0.15) is 5.26 Å². The van der Waals surface area contributed by atoms with Gasteiger partial charge >= 0.3 is 0 Å². The summed E-state index contributed by atoms with van der Waals surface area (Å²) < 4.78 is 19.6. The Morgan fingerprint density at radius 1 is 1.20 bits per heavy atom. The molecule has 1 N–H and O–H groups in total. The summed E-state index contributed by atoms with van der Waals surface area (Å²) in [5, 5.41) is 12.2. The Labute approximate surface area is 194 Å². The summed E-state index contributed by atoms with van der Waals surface area (Å²) in [6.45, 7) is 6.28. The summed E-state index contributed by atoms with van der Waals surface area (Å²) in [5.41, 5.74) is 1.89. The summed E-state index contributed by atoms with van der Waals surface area (Å²) in [4.78, 5) is 9.12. The number of halogens is 2. The zero-order valence-corrected chi connectivity index (χ0v) is 19.6. The minimum absolute atomic E-state index is 0. The van der Waals surface area contributed by atoms with Crippen molar-refractivity contribution in [3.8, 4) is 11.8 Å². The van der Waals surface area contributed by atoms with Crippen molar-refractivity contribution in [2.24, 2.45) is 4.99 Å². The van der Waals surface area contributed by atoms with E-state index in [1.807, 2.05) is 31.2 Å². The molecular formula is C22H27FIN5O. The second kappa shape index (κ2) is 11.6. The molecule has 0 spiro atoms. The maximum Gasteiger partial charge on any atom is 0.194 e. The summed E-state index contributed by atoms with van der Waals surface area (Å²) >= 11 is 0. The number of hydrogen-bond donors (Lipinski definition) is 1. The molecule has 6 nitrogen and oxygen atoms in total. The fourth-order valence-electron chi connectivity index (χ4n) is 3.38. The van der Waals surface area contributed by atoms with Crippen LogP contribution in [0.25, 0.3) is 0 Å². The van der Waals surface area contributed by atoms with Gasteiger partial charge < -0.3 is 19.9 Å². The minimum Gasteiger partial charge on any atom is -0.495 e. The van der Waals surface area contributed by atoms with Crippen LogP contribution in [-0.2, 0) is 6.54 Å². The quantitative estimate of drug-likeness (QED) is 0.369. The molecule has 30 heavy (non-hydrogen) atoms. The van der Waals surface area contributed by atoms with E-state index in [-0.39, 0.29) is 30.5 Å². The number of aliphatic imine (C=N–C) groups is 1. The van der Waals surface area contributed by atoms with Crippen LogP contribution >= 0.6 is 24.0 Å². The van der Waals surface area contributed by atoms with Gasteiger partial charge in [-0.1, -0.05) is 18.2 Å². The standard InChI is InChI=1S/C22H26FN5O.HI/c1-3-25-22(26-16-18-9-8-17(15-24)14-19(18)23)28-12-10-27(11-13-28)20-6-4-5-7-21(20)29-2;/h4-9,14H,3,10-13,16H2,1-2H3,(H,25,26);1H. The Morgan fingerprint density at radius 2 is 1.93 bits per heavy atom. The molecule has 0 amide bonds. The predicted molar refractivity (Wildman–Crippen MR) is 128 cm³/mol. The fourth-order valence-corrected chi connectivity index (χ4v) is 3.38. The highest BCUT2D eigenvalue weighted by atomic mass is 127. The molecular weight excluding hydrogens is 496 g/mol. The minimum atomic E-state index is -0.398. The lowest BCUT2D eigenvalue weighted by molar-refractivity contribution is 0.367. The number of nitrogens with zero attached hydrogens (tertiary/aromatic N) is 4. The first kappa shape index (κ1) is 23.7. The van der Waals surface area contributed by atoms with Crippen LogP contribution < -0.4 is 15.0 Å². The third kappa shape index (κ3) is 5.75. The second-order valence-electron chi connectivity index (χ2n) is 6.73. The van der Waals surface area contributed by atoms with Crippen LogP contribution in [0.4, 0.5) is 10.1 Å². The molecule has 1 fully saturated rings. The van der Waals surface area contributed by atoms with Gasteiger partial charge in [-0.25, -0.2) is 9.38 Å². The number of methoxy groups -OCH3 is 1. The molecule has 1 heterocycles. The molecule has 160 valence electrons. The highest BCUT2D eigenvalue weighted by molar-refractivity contribution is 14.0. The van der Waals surface area contributed by atoms with Crippen LogP contribution in [0.3, 0.4) is 0 Å². The highest BCUT2D eigenvalue weighted by Crippen LogP contribution is 2.28. The van der Waals surface area contributed by atoms with Gasteiger partial charge in [-0.15, -0.1) is 24.0 Å². The Balaban J connectivity index is 0.00000320. The molecule has 0 aromatic heterocycles. The Morgan fingerprint density at radius 3 is 2.57 bits per heavy atom. The van der Waals surface area contributed by atoms with Crippen molar-refractivity contribution in [3.63, 3.8) is 0 Å². The fraction of sp³-hybridized carbons (Fsp3) is 0.364. The van der Waals surface area contributed by atoms with Crippen LogP contribution in [0, 0.1) is 17.1 Å². The van der Waals surface area contributed by atoms with Crippen LogP contribution in [0.1, 0.15) is 18.1 Å². The van der Waals surface area contributed by atoms with E-state index in [2.05, 4.69) is 26.2 Å². The van der Waals surface area contributed by atoms with Gasteiger partial charge in [-0.3, -0.25) is 0 Å². The number of nitriles is 1. The van der Waals surface area contributed by atoms with Gasteiger partial charge in [0.1, 0.15) is 11.6 Å². The number of guanidine groups is 1. The van der Waals surface area contributed by atoms with E-state index < -0.39 is 5.82 Å². The largest absolute Gasteiger partial charge is 0.495 e. The van der Waals surface area contributed by atoms with Crippen LogP contribution in [0.2, 0.25) is 0 Å². The summed E-state index contributed by atoms with van der Waals surface area (Å²) in [7, 11) is 1.69. The van der Waals surface area contributed by atoms with E-state index >= 15 is 0 Å². The summed E-state index contributed by atoms with van der Waals surface area (Å²) in [5.74, 6) is 1.25. The van der Waals surface area contributed by atoms with E-state index in [1.54, 1.807) is 19.2 Å². The lowest BCUT2D eigenvalue weighted by Crippen LogP contribution is -2.52. The number of ether oxygens (including phenoxy) is 1. The molecule has 2 aromatic rings. The van der Waals surface area contributed by atoms with Crippen molar-refractivity contribution in [2.75, 3.05) is 44.7 Å². The monoisotopic (exact) mass is 523 g/mol. The van der Waals surface area contributed by atoms with Crippen LogP contribution in [0.15, 0.2) is 47.5 Å². The topological polar surface area (TPSA) is 63.9 Å². The molecule has 0 unspecified atom stereocenters. The SMILES string of the molecule is CCNC(=NCc1ccc(C#N)cc1F)N1CCN(c2ccccc2OC)CC1.I. The lowest BCUT2D eigenvalue weighted by atomic mass is 10.1. The Bertz CT molecular complexity index is 907. The number of piperazine rings is 1. The summed E-state index contributed by atoms with van der Waals surface area (Å²) in [6, 6.07) is 14.5. The van der Waals surface area contributed by atoms with E-state index in [1.165, 1.54) is 6.07 Å². The number of benzene rings is 2. The molecule has 1 aliphatic rings. The average Bonchev–Trinajstić information content (AvgIpc) is 2.77. The first-order valence-electron chi connectivity index (χ1n) is 9.76. The van der Waals surface area contributed by atoms with Crippen LogP contribution in [0.5, 0.6) is 5.75 Å². The molecule has 0 bridgehead atoms. The van der Waals surface area contributed by atoms with E-state index in [9.17, 15) is 4.39 Å². The zero-order chi connectivity index (χ0) is 20.6. The molecule has 1 saturated heterocycles. The number of hydrogen-bond acceptors (Lipinski definition) is 4. The molecule has 1 aliphatic heterocycles. The van der Waals surface area contributed by atoms with Crippen molar-refractivity contribution < 1.29 is 9.13 Å². The van der Waals surface area contributed by atoms with E-state index in [0.717, 1.165) is 50.1 Å². The smallest absolute Gasteiger partial charge is 0.194 e. The molecule has 0 saturated carbocycles. The second-order valence-corrected chi connectivity index (χ2v) is 6.73. The van der Waals surface area contributed by atoms with Gasteiger partial charge in [0.25, 0.3) is 0 Å². The number of nitrogens with one attached hydrogen (secondary N) is 1. The van der Waals surface area contributed by atoms with Crippen LogP contribution in [-0.4, -0.2) is 50.7 Å². The third-order valence-corrected chi connectivity index (χ3v) is 4.92. The van der Waals surface area contributed by atoms with E-state index in [4.69, 9.17) is 10.00 Å². The van der Waals surface area contributed by atoms with Crippen molar-refractivity contribution >= 4 is 35.6 Å². The van der Waals surface area contributed by atoms with Gasteiger partial charge in [0.2, 0.25) is 0 Å². The van der Waals surface area contributed by atoms with Gasteiger partial charge in [0.05, 0.1) is 31.0 Å². The van der Waals surface area contributed by atoms with Crippen molar-refractivity contribution in [1.29, 1.82) is 5.26 Å². The molecule has 0 radical (unpaired) electrons. The molecule has 2 aromatic carbocycles. The first-order chi connectivity index (χ1) is 14.2. The first-order valence-corrected chi connectivity index (χ1v) is 9.76. The molecule has 3 rings (SSSR count). The number of anilines is 1. The van der Waals surface area contributed by atoms with Gasteiger partial charge in [0, 0.05) is 38.3 Å². The van der Waals surface area contributed by atoms with Crippen molar-refractivity contribution in [3.05, 3.63) is 59.4 Å². The molecule has 0 aliphatic carbocycles. The third-order valence-electron chi connectivity index (χ3n) is 4.92. The van der Waals surface area contributed by atoms with Crippen molar-refractivity contribution in [1.82, 2.24) is 10.2 Å². The molecule has 0 atom stereocenters. The maximum absolute atomic E-state index is 14.2. The maximum atomic E-state index is 14.2. The lowest BCUT2D eigenvalue weighted by Gasteiger charge is -2.38. The average molecular weight is 523 g/mol. The molecule has 8 heteroatoms. The van der Waals surface area contributed by atoms with Gasteiger partial charge in [0.15, 0.2) is 5.96 Å². The predicted octanol–water partition coefficient (Wildman–Crippen LogP) is 3.61. The number of rotatable bonds is 5.